The standard InChI is InChI=1S/C23H25F3N6O3/c1-30-12-16(19(29-30)23(24,25)26)21-28-27-20(35-21)14-6-4-13(5-7-14)11-32-18-10-15(34-3)8-9-17(18)31(2)22(32)33/h8-10,12-14H,4-7,11H2,1-3H3. The first-order valence-corrected chi connectivity index (χ1v) is 11.3. The quantitative estimate of drug-likeness (QED) is 0.418. The van der Waals surface area contributed by atoms with E-state index in [1.165, 1.54) is 13.2 Å². The maximum Gasteiger partial charge on any atom is 0.435 e. The molecule has 3 aromatic heterocycles. The Bertz CT molecular complexity index is 1420. The molecule has 12 heteroatoms. The Morgan fingerprint density at radius 2 is 1.86 bits per heavy atom. The summed E-state index contributed by atoms with van der Waals surface area (Å²) in [6.07, 6.45) is -0.241. The molecule has 186 valence electrons. The highest BCUT2D eigenvalue weighted by Crippen LogP contribution is 2.39. The molecular formula is C23H25F3N6O3. The Kier molecular flexibility index (Phi) is 5.68. The van der Waals surface area contributed by atoms with Crippen LogP contribution in [0.15, 0.2) is 33.6 Å². The first-order valence-electron chi connectivity index (χ1n) is 11.3. The van der Waals surface area contributed by atoms with Crippen molar-refractivity contribution in [1.29, 1.82) is 0 Å². The van der Waals surface area contributed by atoms with Gasteiger partial charge >= 0.3 is 11.9 Å². The van der Waals surface area contributed by atoms with Crippen LogP contribution >= 0.6 is 0 Å². The predicted octanol–water partition coefficient (Wildman–Crippen LogP) is 4.12. The predicted molar refractivity (Wildman–Crippen MR) is 120 cm³/mol. The lowest BCUT2D eigenvalue weighted by atomic mass is 9.82. The van der Waals surface area contributed by atoms with Gasteiger partial charge in [0.15, 0.2) is 5.69 Å². The number of methoxy groups -OCH3 is 1. The molecule has 3 heterocycles. The van der Waals surface area contributed by atoms with Gasteiger partial charge < -0.3 is 9.15 Å². The second-order valence-electron chi connectivity index (χ2n) is 9.03. The number of rotatable bonds is 5. The average molecular weight is 490 g/mol. The molecule has 0 bridgehead atoms. The van der Waals surface area contributed by atoms with Gasteiger partial charge in [0.05, 0.1) is 23.7 Å². The van der Waals surface area contributed by atoms with Gasteiger partial charge in [-0.15, -0.1) is 10.2 Å². The van der Waals surface area contributed by atoms with Crippen LogP contribution in [0.2, 0.25) is 0 Å². The Labute approximate surface area is 198 Å². The van der Waals surface area contributed by atoms with Gasteiger partial charge in [-0.3, -0.25) is 13.8 Å². The third-order valence-corrected chi connectivity index (χ3v) is 6.76. The monoisotopic (exact) mass is 490 g/mol. The molecule has 1 aliphatic carbocycles. The zero-order valence-corrected chi connectivity index (χ0v) is 19.5. The van der Waals surface area contributed by atoms with E-state index in [1.54, 1.807) is 23.3 Å². The molecule has 1 aromatic carbocycles. The molecule has 1 aliphatic rings. The van der Waals surface area contributed by atoms with Crippen LogP contribution < -0.4 is 10.4 Å². The fourth-order valence-electron chi connectivity index (χ4n) is 4.91. The van der Waals surface area contributed by atoms with Crippen LogP contribution in [0, 0.1) is 5.92 Å². The number of ether oxygens (including phenoxy) is 1. The van der Waals surface area contributed by atoms with Gasteiger partial charge in [-0.1, -0.05) is 0 Å². The zero-order chi connectivity index (χ0) is 24.9. The topological polar surface area (TPSA) is 92.9 Å². The van der Waals surface area contributed by atoms with Crippen molar-refractivity contribution in [2.75, 3.05) is 7.11 Å². The van der Waals surface area contributed by atoms with Gasteiger partial charge in [0, 0.05) is 38.8 Å². The molecule has 1 saturated carbocycles. The van der Waals surface area contributed by atoms with Crippen LogP contribution in [0.1, 0.15) is 43.2 Å². The molecule has 0 radical (unpaired) electrons. The number of hydrogen-bond acceptors (Lipinski definition) is 6. The lowest BCUT2D eigenvalue weighted by molar-refractivity contribution is -0.141. The van der Waals surface area contributed by atoms with Crippen LogP contribution in [0.4, 0.5) is 13.2 Å². The van der Waals surface area contributed by atoms with Crippen molar-refractivity contribution >= 4 is 11.0 Å². The Hall–Kier alpha value is -3.57. The molecule has 0 atom stereocenters. The van der Waals surface area contributed by atoms with Crippen molar-refractivity contribution in [3.63, 3.8) is 0 Å². The normalized spacial score (nSPS) is 18.9. The number of imidazole rings is 1. The molecule has 9 nitrogen and oxygen atoms in total. The van der Waals surface area contributed by atoms with Crippen molar-refractivity contribution in [3.8, 4) is 17.2 Å². The van der Waals surface area contributed by atoms with Crippen LogP contribution in [-0.2, 0) is 26.8 Å². The number of alkyl halides is 3. The van der Waals surface area contributed by atoms with Crippen molar-refractivity contribution in [1.82, 2.24) is 29.1 Å². The lowest BCUT2D eigenvalue weighted by Gasteiger charge is -2.26. The van der Waals surface area contributed by atoms with E-state index in [1.807, 2.05) is 18.2 Å². The maximum absolute atomic E-state index is 13.3. The minimum atomic E-state index is -4.62. The van der Waals surface area contributed by atoms with Gasteiger partial charge in [0.1, 0.15) is 5.75 Å². The summed E-state index contributed by atoms with van der Waals surface area (Å²) in [6, 6.07) is 5.58. The molecule has 35 heavy (non-hydrogen) atoms. The molecule has 1 fully saturated rings. The fraction of sp³-hybridized carbons (Fsp3) is 0.478. The molecule has 5 rings (SSSR count). The first kappa shape index (κ1) is 23.2. The fourth-order valence-corrected chi connectivity index (χ4v) is 4.91. The van der Waals surface area contributed by atoms with E-state index in [0.717, 1.165) is 41.4 Å². The van der Waals surface area contributed by atoms with Crippen molar-refractivity contribution < 1.29 is 22.3 Å². The van der Waals surface area contributed by atoms with E-state index in [0.29, 0.717) is 18.2 Å². The molecule has 0 N–H and O–H groups in total. The third-order valence-electron chi connectivity index (χ3n) is 6.76. The number of aromatic nitrogens is 6. The van der Waals surface area contributed by atoms with Gasteiger partial charge in [0.25, 0.3) is 5.89 Å². The summed E-state index contributed by atoms with van der Waals surface area (Å²) in [5, 5.41) is 11.4. The highest BCUT2D eigenvalue weighted by atomic mass is 19.4. The lowest BCUT2D eigenvalue weighted by Crippen LogP contribution is -2.27. The molecule has 4 aromatic rings. The molecule has 0 amide bonds. The van der Waals surface area contributed by atoms with Gasteiger partial charge in [0.2, 0.25) is 5.89 Å². The number of hydrogen-bond donors (Lipinski definition) is 0. The van der Waals surface area contributed by atoms with Crippen LogP contribution in [-0.4, -0.2) is 36.2 Å². The van der Waals surface area contributed by atoms with E-state index in [-0.39, 0.29) is 29.0 Å². The van der Waals surface area contributed by atoms with Crippen LogP contribution in [0.5, 0.6) is 5.75 Å². The molecule has 0 spiro atoms. The number of aryl methyl sites for hydroxylation is 2. The summed E-state index contributed by atoms with van der Waals surface area (Å²) in [5.41, 5.74) is 0.331. The molecule has 0 saturated heterocycles. The Morgan fingerprint density at radius 3 is 2.54 bits per heavy atom. The van der Waals surface area contributed by atoms with Crippen molar-refractivity contribution in [3.05, 3.63) is 46.5 Å². The number of nitrogens with zero attached hydrogens (tertiary/aromatic N) is 6. The number of halogens is 3. The smallest absolute Gasteiger partial charge is 0.435 e. The second kappa shape index (κ2) is 8.58. The summed E-state index contributed by atoms with van der Waals surface area (Å²) in [7, 11) is 4.76. The van der Waals surface area contributed by atoms with Gasteiger partial charge in [-0.25, -0.2) is 4.79 Å². The van der Waals surface area contributed by atoms with E-state index in [2.05, 4.69) is 15.3 Å². The summed E-state index contributed by atoms with van der Waals surface area (Å²) >= 11 is 0. The highest BCUT2D eigenvalue weighted by molar-refractivity contribution is 5.77. The molecule has 0 aliphatic heterocycles. The third kappa shape index (κ3) is 4.21. The van der Waals surface area contributed by atoms with E-state index >= 15 is 0 Å². The van der Waals surface area contributed by atoms with Crippen molar-refractivity contribution in [2.45, 2.75) is 44.3 Å². The summed E-state index contributed by atoms with van der Waals surface area (Å²) in [4.78, 5) is 12.8. The zero-order valence-electron chi connectivity index (χ0n) is 19.5. The summed E-state index contributed by atoms with van der Waals surface area (Å²) < 4.78 is 55.4. The Morgan fingerprint density at radius 1 is 1.11 bits per heavy atom. The highest BCUT2D eigenvalue weighted by Gasteiger charge is 2.39. The molecule has 0 unspecified atom stereocenters. The van der Waals surface area contributed by atoms with E-state index < -0.39 is 11.9 Å². The van der Waals surface area contributed by atoms with Gasteiger partial charge in [-0.2, -0.15) is 18.3 Å². The minimum Gasteiger partial charge on any atom is -0.497 e. The summed E-state index contributed by atoms with van der Waals surface area (Å²) in [5.74, 6) is 1.08. The maximum atomic E-state index is 13.3. The van der Waals surface area contributed by atoms with Crippen LogP contribution in [0.25, 0.3) is 22.5 Å². The second-order valence-corrected chi connectivity index (χ2v) is 9.03. The first-order chi connectivity index (χ1) is 16.7. The van der Waals surface area contributed by atoms with Crippen molar-refractivity contribution in [2.24, 2.45) is 20.0 Å². The largest absolute Gasteiger partial charge is 0.497 e. The van der Waals surface area contributed by atoms with E-state index in [4.69, 9.17) is 9.15 Å². The average Bonchev–Trinajstić information content (AvgIpc) is 3.53. The number of fused-ring (bicyclic) bond motifs is 1. The minimum absolute atomic E-state index is 0.0390. The summed E-state index contributed by atoms with van der Waals surface area (Å²) in [6.45, 7) is 0.579. The number of benzene rings is 1. The molecular weight excluding hydrogens is 465 g/mol. The van der Waals surface area contributed by atoms with Gasteiger partial charge in [-0.05, 0) is 43.7 Å². The SMILES string of the molecule is COc1ccc2c(c1)n(CC1CCC(c3nnc(-c4cn(C)nc4C(F)(F)F)o3)CC1)c(=O)n2C. The Balaban J connectivity index is 1.30. The van der Waals surface area contributed by atoms with Crippen LogP contribution in [0.3, 0.4) is 0 Å². The van der Waals surface area contributed by atoms with E-state index in [9.17, 15) is 18.0 Å².